The third-order valence-electron chi connectivity index (χ3n) is 3.93. The van der Waals surface area contributed by atoms with Gasteiger partial charge in [-0.15, -0.1) is 0 Å². The SMILES string of the molecule is Cc1ccc(CCNC(=O)N[C@H](C)CCc2cccn2C)cn1. The maximum atomic E-state index is 11.9. The zero-order valence-electron chi connectivity index (χ0n) is 14.2. The fourth-order valence-electron chi connectivity index (χ4n) is 2.43. The first-order valence-corrected chi connectivity index (χ1v) is 8.10. The van der Waals surface area contributed by atoms with E-state index in [1.807, 2.05) is 51.5 Å². The molecule has 124 valence electrons. The molecule has 2 N–H and O–H groups in total. The minimum Gasteiger partial charge on any atom is -0.354 e. The number of nitrogens with zero attached hydrogens (tertiary/aromatic N) is 2. The first-order valence-electron chi connectivity index (χ1n) is 8.10. The number of carbonyl (C=O) groups excluding carboxylic acids is 1. The average molecular weight is 314 g/mol. The smallest absolute Gasteiger partial charge is 0.315 e. The molecule has 5 nitrogen and oxygen atoms in total. The minimum absolute atomic E-state index is 0.107. The van der Waals surface area contributed by atoms with Crippen molar-refractivity contribution in [2.24, 2.45) is 7.05 Å². The number of rotatable bonds is 7. The molecule has 0 aromatic carbocycles. The number of nitrogens with one attached hydrogen (secondary N) is 2. The van der Waals surface area contributed by atoms with Crippen LogP contribution in [0.3, 0.4) is 0 Å². The van der Waals surface area contributed by atoms with Crippen LogP contribution in [-0.2, 0) is 19.9 Å². The highest BCUT2D eigenvalue weighted by atomic mass is 16.2. The van der Waals surface area contributed by atoms with Crippen LogP contribution < -0.4 is 10.6 Å². The number of aryl methyl sites for hydroxylation is 3. The molecule has 1 atom stereocenters. The van der Waals surface area contributed by atoms with E-state index >= 15 is 0 Å². The molecule has 0 spiro atoms. The van der Waals surface area contributed by atoms with Crippen LogP contribution in [0.1, 0.15) is 30.3 Å². The molecule has 2 heterocycles. The van der Waals surface area contributed by atoms with Crippen LogP contribution in [-0.4, -0.2) is 28.2 Å². The molecule has 0 aliphatic rings. The van der Waals surface area contributed by atoms with Crippen molar-refractivity contribution >= 4 is 6.03 Å². The summed E-state index contributed by atoms with van der Waals surface area (Å²) in [7, 11) is 2.04. The van der Waals surface area contributed by atoms with Gasteiger partial charge in [-0.05, 0) is 56.9 Å². The van der Waals surface area contributed by atoms with Gasteiger partial charge in [-0.25, -0.2) is 4.79 Å². The quantitative estimate of drug-likeness (QED) is 0.825. The lowest BCUT2D eigenvalue weighted by molar-refractivity contribution is 0.237. The van der Waals surface area contributed by atoms with Crippen LogP contribution >= 0.6 is 0 Å². The maximum absolute atomic E-state index is 11.9. The van der Waals surface area contributed by atoms with Crippen LogP contribution in [0.15, 0.2) is 36.7 Å². The van der Waals surface area contributed by atoms with Crippen molar-refractivity contribution < 1.29 is 4.79 Å². The van der Waals surface area contributed by atoms with E-state index in [-0.39, 0.29) is 12.1 Å². The predicted octanol–water partition coefficient (Wildman–Crippen LogP) is 2.59. The summed E-state index contributed by atoms with van der Waals surface area (Å²) in [6.45, 7) is 4.61. The van der Waals surface area contributed by atoms with E-state index in [2.05, 4.69) is 26.3 Å². The van der Waals surface area contributed by atoms with Gasteiger partial charge in [-0.1, -0.05) is 6.07 Å². The number of hydrogen-bond acceptors (Lipinski definition) is 2. The Morgan fingerprint density at radius 1 is 1.30 bits per heavy atom. The van der Waals surface area contributed by atoms with Gasteiger partial charge in [0.15, 0.2) is 0 Å². The van der Waals surface area contributed by atoms with E-state index in [0.29, 0.717) is 6.54 Å². The van der Waals surface area contributed by atoms with Crippen LogP contribution in [0.4, 0.5) is 4.79 Å². The van der Waals surface area contributed by atoms with Gasteiger partial charge in [0.1, 0.15) is 0 Å². The Labute approximate surface area is 138 Å². The summed E-state index contributed by atoms with van der Waals surface area (Å²) >= 11 is 0. The standard InChI is InChI=1S/C18H26N4O/c1-14-6-8-16(13-20-14)10-11-19-18(23)21-15(2)7-9-17-5-4-12-22(17)3/h4-6,8,12-13,15H,7,9-11H2,1-3H3,(H2,19,21,23)/t15-/m1/s1. The largest absolute Gasteiger partial charge is 0.354 e. The van der Waals surface area contributed by atoms with Gasteiger partial charge in [0, 0.05) is 43.4 Å². The van der Waals surface area contributed by atoms with E-state index in [0.717, 1.165) is 30.5 Å². The Bertz CT molecular complexity index is 618. The Morgan fingerprint density at radius 2 is 2.13 bits per heavy atom. The summed E-state index contributed by atoms with van der Waals surface area (Å²) in [5, 5.41) is 5.88. The van der Waals surface area contributed by atoms with Crippen molar-refractivity contribution in [1.29, 1.82) is 0 Å². The summed E-state index contributed by atoms with van der Waals surface area (Å²) in [6, 6.07) is 8.23. The van der Waals surface area contributed by atoms with Gasteiger partial charge in [0.2, 0.25) is 0 Å². The van der Waals surface area contributed by atoms with E-state index in [1.54, 1.807) is 0 Å². The number of carbonyl (C=O) groups is 1. The number of amides is 2. The van der Waals surface area contributed by atoms with Crippen LogP contribution in [0.2, 0.25) is 0 Å². The molecule has 0 saturated carbocycles. The van der Waals surface area contributed by atoms with Gasteiger partial charge in [-0.2, -0.15) is 0 Å². The minimum atomic E-state index is -0.107. The second-order valence-corrected chi connectivity index (χ2v) is 6.01. The zero-order valence-corrected chi connectivity index (χ0v) is 14.2. The number of aromatic nitrogens is 2. The molecular formula is C18H26N4O. The van der Waals surface area contributed by atoms with Crippen molar-refractivity contribution in [3.8, 4) is 0 Å². The lowest BCUT2D eigenvalue weighted by Gasteiger charge is -2.15. The van der Waals surface area contributed by atoms with Gasteiger partial charge in [0.25, 0.3) is 0 Å². The monoisotopic (exact) mass is 314 g/mol. The van der Waals surface area contributed by atoms with Crippen molar-refractivity contribution in [3.63, 3.8) is 0 Å². The van der Waals surface area contributed by atoms with Crippen LogP contribution in [0.5, 0.6) is 0 Å². The highest BCUT2D eigenvalue weighted by molar-refractivity contribution is 5.74. The van der Waals surface area contributed by atoms with Gasteiger partial charge < -0.3 is 15.2 Å². The third-order valence-corrected chi connectivity index (χ3v) is 3.93. The number of hydrogen-bond donors (Lipinski definition) is 2. The molecule has 2 aromatic heterocycles. The van der Waals surface area contributed by atoms with Gasteiger partial charge >= 0.3 is 6.03 Å². The predicted molar refractivity (Wildman–Crippen MR) is 92.4 cm³/mol. The Hall–Kier alpha value is -2.30. The summed E-state index contributed by atoms with van der Waals surface area (Å²) in [5.74, 6) is 0. The first kappa shape index (κ1) is 17.1. The van der Waals surface area contributed by atoms with Crippen molar-refractivity contribution in [3.05, 3.63) is 53.6 Å². The molecule has 2 rings (SSSR count). The van der Waals surface area contributed by atoms with Crippen molar-refractivity contribution in [2.45, 2.75) is 39.2 Å². The molecule has 0 radical (unpaired) electrons. The number of urea groups is 1. The average Bonchev–Trinajstić information content (AvgIpc) is 2.92. The summed E-state index contributed by atoms with van der Waals surface area (Å²) in [6.07, 6.45) is 6.57. The fraction of sp³-hybridized carbons (Fsp3) is 0.444. The van der Waals surface area contributed by atoms with Crippen LogP contribution in [0.25, 0.3) is 0 Å². The summed E-state index contributed by atoms with van der Waals surface area (Å²) < 4.78 is 2.11. The first-order chi connectivity index (χ1) is 11.0. The maximum Gasteiger partial charge on any atom is 0.315 e. The highest BCUT2D eigenvalue weighted by Crippen LogP contribution is 2.05. The molecule has 2 aromatic rings. The topological polar surface area (TPSA) is 59.0 Å². The summed E-state index contributed by atoms with van der Waals surface area (Å²) in [5.41, 5.74) is 3.42. The Balaban J connectivity index is 1.64. The Kier molecular flexibility index (Phi) is 6.20. The van der Waals surface area contributed by atoms with E-state index < -0.39 is 0 Å². The van der Waals surface area contributed by atoms with Crippen molar-refractivity contribution in [2.75, 3.05) is 6.54 Å². The molecule has 0 bridgehead atoms. The molecule has 0 saturated heterocycles. The molecule has 0 aliphatic carbocycles. The number of pyridine rings is 1. The van der Waals surface area contributed by atoms with Crippen molar-refractivity contribution in [1.82, 2.24) is 20.2 Å². The normalized spacial score (nSPS) is 12.0. The fourth-order valence-corrected chi connectivity index (χ4v) is 2.43. The molecule has 5 heteroatoms. The second-order valence-electron chi connectivity index (χ2n) is 6.01. The summed E-state index contributed by atoms with van der Waals surface area (Å²) in [4.78, 5) is 16.1. The molecule has 23 heavy (non-hydrogen) atoms. The molecular weight excluding hydrogens is 288 g/mol. The molecule has 0 aliphatic heterocycles. The molecule has 0 fully saturated rings. The zero-order chi connectivity index (χ0) is 16.7. The molecule has 0 unspecified atom stereocenters. The third kappa shape index (κ3) is 5.77. The Morgan fingerprint density at radius 3 is 2.78 bits per heavy atom. The van der Waals surface area contributed by atoms with Gasteiger partial charge in [-0.3, -0.25) is 4.98 Å². The van der Waals surface area contributed by atoms with E-state index in [4.69, 9.17) is 0 Å². The lowest BCUT2D eigenvalue weighted by atomic mass is 10.1. The second kappa shape index (κ2) is 8.36. The van der Waals surface area contributed by atoms with Crippen LogP contribution in [0, 0.1) is 6.92 Å². The highest BCUT2D eigenvalue weighted by Gasteiger charge is 2.08. The van der Waals surface area contributed by atoms with E-state index in [1.165, 1.54) is 5.69 Å². The van der Waals surface area contributed by atoms with E-state index in [9.17, 15) is 4.79 Å². The molecule has 2 amide bonds. The lowest BCUT2D eigenvalue weighted by Crippen LogP contribution is -2.41. The van der Waals surface area contributed by atoms with Gasteiger partial charge in [0.05, 0.1) is 0 Å².